The molecule has 0 aliphatic rings. The van der Waals surface area contributed by atoms with Crippen LogP contribution in [-0.4, -0.2) is 12.5 Å². The van der Waals surface area contributed by atoms with E-state index >= 15 is 0 Å². The number of amides is 1. The zero-order valence-electron chi connectivity index (χ0n) is 12.7. The maximum Gasteiger partial charge on any atom is 0.224 e. The van der Waals surface area contributed by atoms with Gasteiger partial charge in [-0.3, -0.25) is 4.79 Å². The minimum atomic E-state index is -1.22. The van der Waals surface area contributed by atoms with Gasteiger partial charge in [0.25, 0.3) is 0 Å². The van der Waals surface area contributed by atoms with E-state index in [1.165, 1.54) is 6.07 Å². The molecule has 0 aliphatic heterocycles. The fourth-order valence-corrected chi connectivity index (χ4v) is 2.26. The molecule has 0 spiro atoms. The van der Waals surface area contributed by atoms with Crippen LogP contribution in [0, 0.1) is 23.0 Å². The highest BCUT2D eigenvalue weighted by atomic mass is 35.5. The van der Waals surface area contributed by atoms with Crippen LogP contribution in [0.1, 0.15) is 18.0 Å². The Kier molecular flexibility index (Phi) is 6.57. The summed E-state index contributed by atoms with van der Waals surface area (Å²) in [5.74, 6) is -1.75. The van der Waals surface area contributed by atoms with E-state index in [2.05, 4.69) is 5.32 Å². The monoisotopic (exact) mass is 384 g/mol. The van der Waals surface area contributed by atoms with Crippen molar-refractivity contribution < 1.29 is 18.3 Å². The Bertz CT molecular complexity index is 825. The van der Waals surface area contributed by atoms with Crippen LogP contribution in [0.5, 0.6) is 5.75 Å². The Hall–Kier alpha value is -2.36. The summed E-state index contributed by atoms with van der Waals surface area (Å²) in [7, 11) is 0. The van der Waals surface area contributed by atoms with Crippen LogP contribution in [0.15, 0.2) is 36.4 Å². The van der Waals surface area contributed by atoms with Gasteiger partial charge < -0.3 is 10.1 Å². The molecule has 0 aromatic heterocycles. The molecule has 2 aromatic carbocycles. The Morgan fingerprint density at radius 3 is 2.60 bits per heavy atom. The normalized spacial score (nSPS) is 11.5. The third-order valence-electron chi connectivity index (χ3n) is 3.20. The highest BCUT2D eigenvalue weighted by Crippen LogP contribution is 2.26. The molecule has 130 valence electrons. The van der Waals surface area contributed by atoms with E-state index in [0.717, 1.165) is 12.1 Å². The third kappa shape index (κ3) is 5.31. The Morgan fingerprint density at radius 2 is 1.96 bits per heavy atom. The molecule has 1 amide bonds. The van der Waals surface area contributed by atoms with Crippen LogP contribution in [0.4, 0.5) is 8.78 Å². The summed E-state index contributed by atoms with van der Waals surface area (Å²) in [5.41, 5.74) is -0.109. The van der Waals surface area contributed by atoms with Gasteiger partial charge in [-0.25, -0.2) is 8.78 Å². The van der Waals surface area contributed by atoms with E-state index in [1.807, 2.05) is 0 Å². The number of hydrogen-bond donors (Lipinski definition) is 1. The molecule has 0 bridgehead atoms. The smallest absolute Gasteiger partial charge is 0.224 e. The van der Waals surface area contributed by atoms with Gasteiger partial charge in [-0.1, -0.05) is 29.3 Å². The molecule has 2 aromatic rings. The second-order valence-electron chi connectivity index (χ2n) is 4.97. The molecular formula is C17H12Cl2F2N2O2. The van der Waals surface area contributed by atoms with Gasteiger partial charge in [-0.2, -0.15) is 5.26 Å². The SMILES string of the molecule is N#CC(NC(=O)CCOc1ccc(Cl)c(Cl)c1)c1ccc(F)cc1F. The van der Waals surface area contributed by atoms with E-state index in [0.29, 0.717) is 21.9 Å². The molecule has 0 radical (unpaired) electrons. The van der Waals surface area contributed by atoms with Gasteiger partial charge in [0.2, 0.25) is 5.91 Å². The lowest BCUT2D eigenvalue weighted by molar-refractivity contribution is -0.122. The number of halogens is 4. The van der Waals surface area contributed by atoms with Crippen LogP contribution in [0.25, 0.3) is 0 Å². The van der Waals surface area contributed by atoms with E-state index < -0.39 is 23.6 Å². The summed E-state index contributed by atoms with van der Waals surface area (Å²) in [6, 6.07) is 7.99. The molecule has 4 nitrogen and oxygen atoms in total. The number of carbonyl (C=O) groups is 1. The summed E-state index contributed by atoms with van der Waals surface area (Å²) in [5, 5.41) is 12.2. The zero-order chi connectivity index (χ0) is 18.4. The van der Waals surface area contributed by atoms with Crippen molar-refractivity contribution in [3.05, 3.63) is 63.6 Å². The standard InChI is InChI=1S/C17H12Cl2F2N2O2/c18-13-4-2-11(8-14(13)19)25-6-5-17(24)23-16(9-22)12-3-1-10(20)7-15(12)21/h1-4,7-8,16H,5-6H2,(H,23,24). The van der Waals surface area contributed by atoms with Gasteiger partial charge in [-0.15, -0.1) is 0 Å². The molecular weight excluding hydrogens is 373 g/mol. The first-order chi connectivity index (χ1) is 11.9. The Labute approximate surface area is 152 Å². The van der Waals surface area contributed by atoms with Crippen LogP contribution in [0.3, 0.4) is 0 Å². The quantitative estimate of drug-likeness (QED) is 0.801. The number of nitrogens with zero attached hydrogens (tertiary/aromatic N) is 1. The molecule has 8 heteroatoms. The summed E-state index contributed by atoms with van der Waals surface area (Å²) in [4.78, 5) is 11.9. The van der Waals surface area contributed by atoms with E-state index in [-0.39, 0.29) is 18.6 Å². The number of nitriles is 1. The van der Waals surface area contributed by atoms with E-state index in [1.54, 1.807) is 18.2 Å². The lowest BCUT2D eigenvalue weighted by Gasteiger charge is -2.13. The summed E-state index contributed by atoms with van der Waals surface area (Å²) in [6.45, 7) is 0.0217. The number of carbonyl (C=O) groups excluding carboxylic acids is 1. The van der Waals surface area contributed by atoms with Crippen molar-refractivity contribution in [1.29, 1.82) is 5.26 Å². The van der Waals surface area contributed by atoms with Gasteiger partial charge in [0.05, 0.1) is 29.1 Å². The number of nitrogens with one attached hydrogen (secondary N) is 1. The highest BCUT2D eigenvalue weighted by Gasteiger charge is 2.18. The van der Waals surface area contributed by atoms with Gasteiger partial charge in [0.15, 0.2) is 0 Å². The van der Waals surface area contributed by atoms with Crippen LogP contribution in [0.2, 0.25) is 10.0 Å². The molecule has 0 saturated carbocycles. The molecule has 0 fully saturated rings. The maximum absolute atomic E-state index is 13.7. The number of benzene rings is 2. The average Bonchev–Trinajstić information content (AvgIpc) is 2.56. The molecule has 1 atom stereocenters. The molecule has 0 aliphatic carbocycles. The highest BCUT2D eigenvalue weighted by molar-refractivity contribution is 6.42. The third-order valence-corrected chi connectivity index (χ3v) is 3.94. The van der Waals surface area contributed by atoms with Gasteiger partial charge >= 0.3 is 0 Å². The minimum absolute atomic E-state index is 0.0217. The predicted molar refractivity (Wildman–Crippen MR) is 89.4 cm³/mol. The zero-order valence-corrected chi connectivity index (χ0v) is 14.2. The summed E-state index contributed by atoms with van der Waals surface area (Å²) in [6.07, 6.45) is -0.0682. The average molecular weight is 385 g/mol. The number of hydrogen-bond acceptors (Lipinski definition) is 3. The van der Waals surface area contributed by atoms with Crippen LogP contribution in [-0.2, 0) is 4.79 Å². The minimum Gasteiger partial charge on any atom is -0.493 e. The number of rotatable bonds is 6. The summed E-state index contributed by atoms with van der Waals surface area (Å²) >= 11 is 11.6. The molecule has 25 heavy (non-hydrogen) atoms. The fraction of sp³-hybridized carbons (Fsp3) is 0.176. The lowest BCUT2D eigenvalue weighted by atomic mass is 10.1. The van der Waals surface area contributed by atoms with Crippen LogP contribution >= 0.6 is 23.2 Å². The fourth-order valence-electron chi connectivity index (χ4n) is 1.98. The molecule has 2 rings (SSSR count). The van der Waals surface area contributed by atoms with Crippen molar-refractivity contribution in [2.45, 2.75) is 12.5 Å². The molecule has 0 saturated heterocycles. The van der Waals surface area contributed by atoms with E-state index in [4.69, 9.17) is 33.2 Å². The predicted octanol–water partition coefficient (Wildman–Crippen LogP) is 4.42. The number of ether oxygens (including phenoxy) is 1. The second kappa shape index (κ2) is 8.65. The lowest BCUT2D eigenvalue weighted by Crippen LogP contribution is -2.29. The largest absolute Gasteiger partial charge is 0.493 e. The molecule has 0 heterocycles. The van der Waals surface area contributed by atoms with Gasteiger partial charge in [-0.05, 0) is 18.2 Å². The first-order valence-electron chi connectivity index (χ1n) is 7.12. The summed E-state index contributed by atoms with van der Waals surface area (Å²) < 4.78 is 32.0. The van der Waals surface area contributed by atoms with Crippen molar-refractivity contribution in [3.8, 4) is 11.8 Å². The van der Waals surface area contributed by atoms with Crippen LogP contribution < -0.4 is 10.1 Å². The Morgan fingerprint density at radius 1 is 1.20 bits per heavy atom. The first kappa shape index (κ1) is 19.0. The first-order valence-corrected chi connectivity index (χ1v) is 7.88. The van der Waals surface area contributed by atoms with E-state index in [9.17, 15) is 13.6 Å². The Balaban J connectivity index is 1.90. The van der Waals surface area contributed by atoms with Crippen molar-refractivity contribution in [1.82, 2.24) is 5.32 Å². The second-order valence-corrected chi connectivity index (χ2v) is 5.78. The topological polar surface area (TPSA) is 62.1 Å². The molecule has 1 unspecified atom stereocenters. The maximum atomic E-state index is 13.7. The van der Waals surface area contributed by atoms with Crippen molar-refractivity contribution >= 4 is 29.1 Å². The molecule has 1 N–H and O–H groups in total. The van der Waals surface area contributed by atoms with Crippen molar-refractivity contribution in [3.63, 3.8) is 0 Å². The van der Waals surface area contributed by atoms with Gasteiger partial charge in [0.1, 0.15) is 23.4 Å². The van der Waals surface area contributed by atoms with Crippen molar-refractivity contribution in [2.75, 3.05) is 6.61 Å². The van der Waals surface area contributed by atoms with Crippen molar-refractivity contribution in [2.24, 2.45) is 0 Å². The van der Waals surface area contributed by atoms with Gasteiger partial charge in [0, 0.05) is 17.7 Å².